The maximum Gasteiger partial charge on any atom is 0.162 e. The zero-order valence-electron chi connectivity index (χ0n) is 8.86. The summed E-state index contributed by atoms with van der Waals surface area (Å²) < 4.78 is 5.27. The molecule has 0 aliphatic rings. The molecule has 0 aliphatic heterocycles. The van der Waals surface area contributed by atoms with Crippen LogP contribution in [0.25, 0.3) is 0 Å². The summed E-state index contributed by atoms with van der Waals surface area (Å²) in [7, 11) is 0. The van der Waals surface area contributed by atoms with Gasteiger partial charge in [0.2, 0.25) is 0 Å². The average molecular weight is 215 g/mol. The lowest BCUT2D eigenvalue weighted by molar-refractivity contribution is 0.341. The van der Waals surface area contributed by atoms with E-state index in [4.69, 9.17) is 16.9 Å². The highest BCUT2D eigenvalue weighted by Gasteiger charge is 2.02. The lowest BCUT2D eigenvalue weighted by atomic mass is 10.1. The summed E-state index contributed by atoms with van der Waals surface area (Å²) in [4.78, 5) is 0. The van der Waals surface area contributed by atoms with Crippen molar-refractivity contribution < 1.29 is 9.84 Å². The SMILES string of the molecule is C#CC#CCOc1cc(CCN)ccc1O. The van der Waals surface area contributed by atoms with Crippen LogP contribution in [0.5, 0.6) is 11.5 Å². The van der Waals surface area contributed by atoms with Crippen molar-refractivity contribution in [3.05, 3.63) is 23.8 Å². The van der Waals surface area contributed by atoms with Gasteiger partial charge in [0, 0.05) is 0 Å². The van der Waals surface area contributed by atoms with Crippen molar-refractivity contribution in [3.8, 4) is 35.7 Å². The predicted octanol–water partition coefficient (Wildman–Crippen LogP) is 0.909. The Labute approximate surface area is 95.2 Å². The Hall–Kier alpha value is -2.10. The van der Waals surface area contributed by atoms with Crippen LogP contribution in [0.3, 0.4) is 0 Å². The van der Waals surface area contributed by atoms with Gasteiger partial charge in [0.05, 0.1) is 0 Å². The van der Waals surface area contributed by atoms with Crippen molar-refractivity contribution in [3.63, 3.8) is 0 Å². The molecule has 0 spiro atoms. The number of ether oxygens (including phenoxy) is 1. The van der Waals surface area contributed by atoms with Crippen molar-refractivity contribution in [1.82, 2.24) is 0 Å². The summed E-state index contributed by atoms with van der Waals surface area (Å²) in [5.74, 6) is 7.71. The number of terminal acetylenes is 1. The molecule has 1 aromatic rings. The molecule has 3 nitrogen and oxygen atoms in total. The molecule has 1 rings (SSSR count). The van der Waals surface area contributed by atoms with Crippen molar-refractivity contribution >= 4 is 0 Å². The van der Waals surface area contributed by atoms with Gasteiger partial charge in [-0.2, -0.15) is 0 Å². The predicted molar refractivity (Wildman–Crippen MR) is 63.0 cm³/mol. The molecule has 0 aromatic heterocycles. The molecule has 0 aliphatic carbocycles. The minimum atomic E-state index is 0.0864. The quantitative estimate of drug-likeness (QED) is 0.734. The topological polar surface area (TPSA) is 55.5 Å². The van der Waals surface area contributed by atoms with Crippen molar-refractivity contribution in [2.45, 2.75) is 6.42 Å². The number of benzene rings is 1. The average Bonchev–Trinajstić information content (AvgIpc) is 2.29. The fourth-order valence-corrected chi connectivity index (χ4v) is 1.20. The molecule has 0 saturated heterocycles. The minimum Gasteiger partial charge on any atom is -0.504 e. The minimum absolute atomic E-state index is 0.0864. The van der Waals surface area contributed by atoms with E-state index in [0.717, 1.165) is 12.0 Å². The highest BCUT2D eigenvalue weighted by molar-refractivity contribution is 5.42. The molecule has 3 N–H and O–H groups in total. The zero-order valence-corrected chi connectivity index (χ0v) is 8.86. The largest absolute Gasteiger partial charge is 0.504 e. The first-order valence-electron chi connectivity index (χ1n) is 4.86. The third kappa shape index (κ3) is 3.57. The van der Waals surface area contributed by atoms with E-state index in [1.165, 1.54) is 0 Å². The summed E-state index contributed by atoms with van der Waals surface area (Å²) in [6.07, 6.45) is 5.70. The number of phenols is 1. The van der Waals surface area contributed by atoms with Gasteiger partial charge in [-0.3, -0.25) is 0 Å². The van der Waals surface area contributed by atoms with Gasteiger partial charge in [-0.1, -0.05) is 6.07 Å². The van der Waals surface area contributed by atoms with Crippen LogP contribution in [0.4, 0.5) is 0 Å². The molecule has 0 heterocycles. The van der Waals surface area contributed by atoms with Crippen LogP contribution in [0.1, 0.15) is 5.56 Å². The van der Waals surface area contributed by atoms with Crippen LogP contribution < -0.4 is 10.5 Å². The van der Waals surface area contributed by atoms with Crippen LogP contribution in [0, 0.1) is 24.2 Å². The fraction of sp³-hybridized carbons (Fsp3) is 0.231. The molecule has 1 aromatic carbocycles. The van der Waals surface area contributed by atoms with Crippen molar-refractivity contribution in [2.75, 3.05) is 13.2 Å². The van der Waals surface area contributed by atoms with E-state index in [2.05, 4.69) is 17.8 Å². The first-order chi connectivity index (χ1) is 7.77. The Balaban J connectivity index is 2.70. The Morgan fingerprint density at radius 2 is 2.25 bits per heavy atom. The Bertz CT molecular complexity index is 449. The lowest BCUT2D eigenvalue weighted by Gasteiger charge is -2.07. The number of aromatic hydroxyl groups is 1. The molecule has 0 bridgehead atoms. The fourth-order valence-electron chi connectivity index (χ4n) is 1.20. The van der Waals surface area contributed by atoms with Crippen LogP contribution in [-0.2, 0) is 6.42 Å². The van der Waals surface area contributed by atoms with Gasteiger partial charge in [-0.25, -0.2) is 0 Å². The zero-order chi connectivity index (χ0) is 11.8. The smallest absolute Gasteiger partial charge is 0.162 e. The molecule has 82 valence electrons. The van der Waals surface area contributed by atoms with Crippen LogP contribution >= 0.6 is 0 Å². The van der Waals surface area contributed by atoms with Crippen molar-refractivity contribution in [2.24, 2.45) is 5.73 Å². The second kappa shape index (κ2) is 6.40. The van der Waals surface area contributed by atoms with Gasteiger partial charge in [-0.05, 0) is 48.4 Å². The standard InChI is InChI=1S/C13H13NO2/c1-2-3-4-9-16-13-10-11(7-8-14)5-6-12(13)15/h1,5-6,10,15H,7-9,14H2. The number of hydrogen-bond donors (Lipinski definition) is 2. The maximum absolute atomic E-state index is 9.51. The van der Waals surface area contributed by atoms with E-state index in [1.54, 1.807) is 12.1 Å². The number of nitrogens with two attached hydrogens (primary N) is 1. The van der Waals surface area contributed by atoms with Gasteiger partial charge < -0.3 is 15.6 Å². The summed E-state index contributed by atoms with van der Waals surface area (Å²) >= 11 is 0. The Morgan fingerprint density at radius 1 is 1.44 bits per heavy atom. The van der Waals surface area contributed by atoms with E-state index < -0.39 is 0 Å². The van der Waals surface area contributed by atoms with Gasteiger partial charge in [0.1, 0.15) is 6.61 Å². The van der Waals surface area contributed by atoms with Crippen molar-refractivity contribution in [1.29, 1.82) is 0 Å². The summed E-state index contributed by atoms with van der Waals surface area (Å²) in [5, 5.41) is 9.51. The monoisotopic (exact) mass is 215 g/mol. The molecular weight excluding hydrogens is 202 g/mol. The summed E-state index contributed by atoms with van der Waals surface area (Å²) in [6, 6.07) is 5.14. The Kier molecular flexibility index (Phi) is 4.79. The van der Waals surface area contributed by atoms with Crippen LogP contribution in [-0.4, -0.2) is 18.3 Å². The maximum atomic E-state index is 9.51. The Morgan fingerprint density at radius 3 is 2.94 bits per heavy atom. The van der Waals surface area contributed by atoms with Crippen LogP contribution in [0.2, 0.25) is 0 Å². The van der Waals surface area contributed by atoms with Gasteiger partial charge in [-0.15, -0.1) is 6.42 Å². The number of rotatable bonds is 4. The van der Waals surface area contributed by atoms with Crippen LogP contribution in [0.15, 0.2) is 18.2 Å². The molecule has 0 fully saturated rings. The molecular formula is C13H13NO2. The second-order valence-electron chi connectivity index (χ2n) is 3.08. The van der Waals surface area contributed by atoms with Gasteiger partial charge in [0.15, 0.2) is 11.5 Å². The first kappa shape index (κ1) is 12.0. The third-order valence-electron chi connectivity index (χ3n) is 1.92. The third-order valence-corrected chi connectivity index (χ3v) is 1.92. The first-order valence-corrected chi connectivity index (χ1v) is 4.86. The van der Waals surface area contributed by atoms with E-state index in [-0.39, 0.29) is 12.4 Å². The highest BCUT2D eigenvalue weighted by Crippen LogP contribution is 2.26. The second-order valence-corrected chi connectivity index (χ2v) is 3.08. The van der Waals surface area contributed by atoms with E-state index in [1.807, 2.05) is 6.07 Å². The number of hydrogen-bond acceptors (Lipinski definition) is 3. The molecule has 16 heavy (non-hydrogen) atoms. The van der Waals surface area contributed by atoms with E-state index >= 15 is 0 Å². The summed E-state index contributed by atoms with van der Waals surface area (Å²) in [5.41, 5.74) is 6.45. The van der Waals surface area contributed by atoms with Gasteiger partial charge in [0.25, 0.3) is 0 Å². The van der Waals surface area contributed by atoms with E-state index in [9.17, 15) is 5.11 Å². The molecule has 0 amide bonds. The lowest BCUT2D eigenvalue weighted by Crippen LogP contribution is -2.03. The molecule has 0 unspecified atom stereocenters. The normalized spacial score (nSPS) is 8.75. The molecule has 0 atom stereocenters. The molecule has 0 saturated carbocycles. The van der Waals surface area contributed by atoms with Gasteiger partial charge >= 0.3 is 0 Å². The summed E-state index contributed by atoms with van der Waals surface area (Å²) in [6.45, 7) is 0.713. The highest BCUT2D eigenvalue weighted by atomic mass is 16.5. The molecule has 0 radical (unpaired) electrons. The number of phenolic OH excluding ortho intramolecular Hbond substituents is 1. The van der Waals surface area contributed by atoms with E-state index in [0.29, 0.717) is 12.3 Å². The molecule has 3 heteroatoms.